The number of H-pyrrole nitrogens is 1. The van der Waals surface area contributed by atoms with Gasteiger partial charge in [-0.1, -0.05) is 0 Å². The topological polar surface area (TPSA) is 104 Å². The van der Waals surface area contributed by atoms with E-state index in [1.165, 1.54) is 19.5 Å². The van der Waals surface area contributed by atoms with Crippen molar-refractivity contribution in [3.63, 3.8) is 0 Å². The van der Waals surface area contributed by atoms with Gasteiger partial charge >= 0.3 is 5.97 Å². The lowest BCUT2D eigenvalue weighted by Crippen LogP contribution is -2.25. The molecule has 0 aliphatic carbocycles. The van der Waals surface area contributed by atoms with Gasteiger partial charge in [-0.15, -0.1) is 0 Å². The van der Waals surface area contributed by atoms with E-state index in [0.717, 1.165) is 0 Å². The maximum atomic E-state index is 10.9. The van der Waals surface area contributed by atoms with Crippen LogP contribution >= 0.6 is 0 Å². The zero-order valence-electron chi connectivity index (χ0n) is 8.77. The van der Waals surface area contributed by atoms with Crippen molar-refractivity contribution in [3.8, 4) is 0 Å². The highest BCUT2D eigenvalue weighted by Crippen LogP contribution is 2.00. The van der Waals surface area contributed by atoms with E-state index in [4.69, 9.17) is 9.84 Å². The third-order valence-corrected chi connectivity index (χ3v) is 1.92. The molecule has 0 bridgehead atoms. The minimum absolute atomic E-state index is 0.104. The van der Waals surface area contributed by atoms with Crippen LogP contribution in [0.4, 0.5) is 5.82 Å². The molecule has 1 aromatic heterocycles. The predicted molar refractivity (Wildman–Crippen MR) is 56.4 cm³/mol. The van der Waals surface area contributed by atoms with E-state index in [1.54, 1.807) is 0 Å². The SMILES string of the molecule is COC(CNc1cc(=O)[nH]cn1)CC(=O)O. The van der Waals surface area contributed by atoms with Crippen LogP contribution < -0.4 is 10.9 Å². The number of carbonyl (C=O) groups is 1. The van der Waals surface area contributed by atoms with Crippen LogP contribution in [-0.2, 0) is 9.53 Å². The molecule has 7 heteroatoms. The fourth-order valence-electron chi connectivity index (χ4n) is 1.12. The number of anilines is 1. The smallest absolute Gasteiger partial charge is 0.306 e. The number of nitrogens with zero attached hydrogens (tertiary/aromatic N) is 1. The van der Waals surface area contributed by atoms with Gasteiger partial charge in [-0.05, 0) is 0 Å². The Bertz CT molecular complexity index is 404. The van der Waals surface area contributed by atoms with Gasteiger partial charge in [0, 0.05) is 19.7 Å². The second-order valence-corrected chi connectivity index (χ2v) is 3.13. The van der Waals surface area contributed by atoms with Crippen molar-refractivity contribution < 1.29 is 14.6 Å². The summed E-state index contributed by atoms with van der Waals surface area (Å²) in [6.07, 6.45) is 0.703. The van der Waals surface area contributed by atoms with Crippen molar-refractivity contribution in [1.29, 1.82) is 0 Å². The number of aromatic amines is 1. The minimum atomic E-state index is -0.937. The molecule has 1 rings (SSSR count). The second-order valence-electron chi connectivity index (χ2n) is 3.13. The molecule has 3 N–H and O–H groups in total. The monoisotopic (exact) mass is 227 g/mol. The van der Waals surface area contributed by atoms with E-state index in [9.17, 15) is 9.59 Å². The van der Waals surface area contributed by atoms with Crippen LogP contribution in [0, 0.1) is 0 Å². The summed E-state index contributed by atoms with van der Waals surface area (Å²) in [6, 6.07) is 1.29. The van der Waals surface area contributed by atoms with Crippen LogP contribution in [0.3, 0.4) is 0 Å². The molecule has 1 atom stereocenters. The number of hydrogen-bond acceptors (Lipinski definition) is 5. The highest BCUT2D eigenvalue weighted by Gasteiger charge is 2.11. The summed E-state index contributed by atoms with van der Waals surface area (Å²) in [5.41, 5.74) is -0.273. The highest BCUT2D eigenvalue weighted by molar-refractivity contribution is 5.67. The standard InChI is InChI=1S/C9H13N3O4/c1-16-6(2-9(14)15)4-10-7-3-8(13)12-5-11-7/h3,5-6H,2,4H2,1H3,(H,14,15)(H2,10,11,12,13). The van der Waals surface area contributed by atoms with Gasteiger partial charge in [0.1, 0.15) is 5.82 Å². The van der Waals surface area contributed by atoms with E-state index < -0.39 is 12.1 Å². The van der Waals surface area contributed by atoms with Crippen molar-refractivity contribution in [1.82, 2.24) is 9.97 Å². The molecule has 0 saturated heterocycles. The summed E-state index contributed by atoms with van der Waals surface area (Å²) in [5.74, 6) is -0.552. The Kier molecular flexibility index (Phi) is 4.46. The fraction of sp³-hybridized carbons (Fsp3) is 0.444. The summed E-state index contributed by atoms with van der Waals surface area (Å²) >= 11 is 0. The molecule has 0 radical (unpaired) electrons. The first kappa shape index (κ1) is 12.2. The first-order valence-corrected chi connectivity index (χ1v) is 4.65. The Balaban J connectivity index is 2.49. The molecule has 7 nitrogen and oxygen atoms in total. The Morgan fingerprint density at radius 2 is 2.50 bits per heavy atom. The Morgan fingerprint density at radius 1 is 1.75 bits per heavy atom. The summed E-state index contributed by atoms with van der Waals surface area (Å²) in [7, 11) is 1.43. The Morgan fingerprint density at radius 3 is 3.06 bits per heavy atom. The van der Waals surface area contributed by atoms with E-state index in [2.05, 4.69) is 15.3 Å². The van der Waals surface area contributed by atoms with Crippen molar-refractivity contribution in [2.75, 3.05) is 19.0 Å². The Labute approximate surface area is 91.5 Å². The molecule has 0 amide bonds. The van der Waals surface area contributed by atoms with Gasteiger partial charge in [-0.25, -0.2) is 4.98 Å². The fourth-order valence-corrected chi connectivity index (χ4v) is 1.12. The van der Waals surface area contributed by atoms with Crippen molar-refractivity contribution in [3.05, 3.63) is 22.7 Å². The normalized spacial score (nSPS) is 12.1. The van der Waals surface area contributed by atoms with Crippen molar-refractivity contribution in [2.45, 2.75) is 12.5 Å². The number of aromatic nitrogens is 2. The molecular weight excluding hydrogens is 214 g/mol. The molecule has 0 aromatic carbocycles. The minimum Gasteiger partial charge on any atom is -0.481 e. The second kappa shape index (κ2) is 5.86. The van der Waals surface area contributed by atoms with Gasteiger partial charge in [0.15, 0.2) is 0 Å². The maximum Gasteiger partial charge on any atom is 0.306 e. The number of rotatable bonds is 6. The van der Waals surface area contributed by atoms with E-state index >= 15 is 0 Å². The van der Waals surface area contributed by atoms with Crippen LogP contribution in [0.25, 0.3) is 0 Å². The zero-order chi connectivity index (χ0) is 12.0. The highest BCUT2D eigenvalue weighted by atomic mass is 16.5. The van der Waals surface area contributed by atoms with Gasteiger partial charge in [-0.2, -0.15) is 0 Å². The lowest BCUT2D eigenvalue weighted by Gasteiger charge is -2.13. The van der Waals surface area contributed by atoms with Crippen LogP contribution in [0.5, 0.6) is 0 Å². The number of methoxy groups -OCH3 is 1. The average Bonchev–Trinajstić information content (AvgIpc) is 2.24. The molecular formula is C9H13N3O4. The molecule has 16 heavy (non-hydrogen) atoms. The maximum absolute atomic E-state index is 10.9. The van der Waals surface area contributed by atoms with Gasteiger partial charge in [0.25, 0.3) is 5.56 Å². The third kappa shape index (κ3) is 4.09. The number of nitrogens with one attached hydrogen (secondary N) is 2. The molecule has 0 aliphatic heterocycles. The molecule has 0 saturated carbocycles. The number of carboxylic acid groups (broad SMARTS) is 1. The molecule has 1 unspecified atom stereocenters. The lowest BCUT2D eigenvalue weighted by atomic mass is 10.2. The summed E-state index contributed by atoms with van der Waals surface area (Å²) in [6.45, 7) is 0.277. The molecule has 88 valence electrons. The molecule has 1 heterocycles. The van der Waals surface area contributed by atoms with Crippen LogP contribution in [0.15, 0.2) is 17.2 Å². The van der Waals surface area contributed by atoms with Gasteiger partial charge in [0.05, 0.1) is 18.9 Å². The number of aliphatic carboxylic acids is 1. The van der Waals surface area contributed by atoms with Crippen LogP contribution in [-0.4, -0.2) is 40.8 Å². The summed E-state index contributed by atoms with van der Waals surface area (Å²) < 4.78 is 4.96. The quantitative estimate of drug-likeness (QED) is 0.614. The number of hydrogen-bond donors (Lipinski definition) is 3. The lowest BCUT2D eigenvalue weighted by molar-refractivity contribution is -0.139. The van der Waals surface area contributed by atoms with E-state index in [0.29, 0.717) is 5.82 Å². The average molecular weight is 227 g/mol. The zero-order valence-corrected chi connectivity index (χ0v) is 8.77. The van der Waals surface area contributed by atoms with Gasteiger partial charge in [0.2, 0.25) is 0 Å². The molecule has 0 fully saturated rings. The Hall–Kier alpha value is -1.89. The van der Waals surface area contributed by atoms with Crippen molar-refractivity contribution >= 4 is 11.8 Å². The first-order chi connectivity index (χ1) is 7.61. The number of carboxylic acids is 1. The largest absolute Gasteiger partial charge is 0.481 e. The third-order valence-electron chi connectivity index (χ3n) is 1.92. The van der Waals surface area contributed by atoms with Gasteiger partial charge in [-0.3, -0.25) is 9.59 Å². The predicted octanol–water partition coefficient (Wildman–Crippen LogP) is -0.329. The van der Waals surface area contributed by atoms with E-state index in [1.807, 2.05) is 0 Å². The molecule has 0 spiro atoms. The molecule has 1 aromatic rings. The number of ether oxygens (including phenoxy) is 1. The molecule has 0 aliphatic rings. The summed E-state index contributed by atoms with van der Waals surface area (Å²) in [5, 5.41) is 11.4. The van der Waals surface area contributed by atoms with Crippen LogP contribution in [0.1, 0.15) is 6.42 Å². The van der Waals surface area contributed by atoms with Gasteiger partial charge < -0.3 is 20.1 Å². The van der Waals surface area contributed by atoms with Crippen LogP contribution in [0.2, 0.25) is 0 Å². The van der Waals surface area contributed by atoms with E-state index in [-0.39, 0.29) is 18.5 Å². The van der Waals surface area contributed by atoms with Crippen molar-refractivity contribution in [2.24, 2.45) is 0 Å². The summed E-state index contributed by atoms with van der Waals surface area (Å²) in [4.78, 5) is 27.6. The first-order valence-electron chi connectivity index (χ1n) is 4.65.